The summed E-state index contributed by atoms with van der Waals surface area (Å²) in [6.45, 7) is 12.3. The third-order valence-corrected chi connectivity index (χ3v) is 3.74. The van der Waals surface area contributed by atoms with Crippen LogP contribution < -0.4 is 5.32 Å². The van der Waals surface area contributed by atoms with Gasteiger partial charge in [-0.05, 0) is 6.42 Å². The smallest absolute Gasteiger partial charge is 0.227 e. The van der Waals surface area contributed by atoms with Crippen LogP contribution in [0.5, 0.6) is 0 Å². The highest BCUT2D eigenvalue weighted by Crippen LogP contribution is 2.19. The van der Waals surface area contributed by atoms with Crippen molar-refractivity contribution in [3.8, 4) is 0 Å². The van der Waals surface area contributed by atoms with Crippen molar-refractivity contribution in [2.45, 2.75) is 33.2 Å². The zero-order chi connectivity index (χ0) is 12.5. The molecular formula is C13H25N3O. The Morgan fingerprint density at radius 3 is 2.35 bits per heavy atom. The fraction of sp³-hybridized carbons (Fsp3) is 0.923. The molecule has 2 aliphatic rings. The fourth-order valence-corrected chi connectivity index (χ4v) is 2.51. The second-order valence-electron chi connectivity index (χ2n) is 6.24. The second kappa shape index (κ2) is 4.94. The summed E-state index contributed by atoms with van der Waals surface area (Å²) in [5.74, 6) is 0.297. The topological polar surface area (TPSA) is 35.6 Å². The molecule has 2 aliphatic heterocycles. The number of amides is 1. The Hall–Kier alpha value is -0.610. The van der Waals surface area contributed by atoms with Gasteiger partial charge in [-0.3, -0.25) is 9.69 Å². The molecule has 98 valence electrons. The summed E-state index contributed by atoms with van der Waals surface area (Å²) in [6.07, 6.45) is 1.11. The first kappa shape index (κ1) is 12.8. The Morgan fingerprint density at radius 1 is 1.12 bits per heavy atom. The zero-order valence-corrected chi connectivity index (χ0v) is 11.3. The van der Waals surface area contributed by atoms with Crippen LogP contribution in [0.1, 0.15) is 27.2 Å². The Morgan fingerprint density at radius 2 is 1.82 bits per heavy atom. The lowest BCUT2D eigenvalue weighted by Gasteiger charge is -2.37. The number of nitrogens with zero attached hydrogens (tertiary/aromatic N) is 2. The number of hydrogen-bond acceptors (Lipinski definition) is 3. The second-order valence-corrected chi connectivity index (χ2v) is 6.24. The first-order valence-electron chi connectivity index (χ1n) is 6.72. The lowest BCUT2D eigenvalue weighted by Crippen LogP contribution is -2.57. The van der Waals surface area contributed by atoms with Crippen LogP contribution in [0.3, 0.4) is 0 Å². The van der Waals surface area contributed by atoms with Crippen LogP contribution in [0.4, 0.5) is 0 Å². The van der Waals surface area contributed by atoms with Crippen LogP contribution in [0.15, 0.2) is 0 Å². The lowest BCUT2D eigenvalue weighted by atomic mass is 9.94. The van der Waals surface area contributed by atoms with E-state index in [4.69, 9.17) is 0 Å². The predicted molar refractivity (Wildman–Crippen MR) is 68.9 cm³/mol. The number of rotatable bonds is 1. The van der Waals surface area contributed by atoms with E-state index in [2.05, 4.69) is 10.2 Å². The Labute approximate surface area is 104 Å². The van der Waals surface area contributed by atoms with Gasteiger partial charge in [0.1, 0.15) is 0 Å². The van der Waals surface area contributed by atoms with Crippen molar-refractivity contribution in [3.05, 3.63) is 0 Å². The van der Waals surface area contributed by atoms with Gasteiger partial charge in [-0.25, -0.2) is 0 Å². The van der Waals surface area contributed by atoms with Crippen molar-refractivity contribution in [3.63, 3.8) is 0 Å². The van der Waals surface area contributed by atoms with E-state index < -0.39 is 0 Å². The van der Waals surface area contributed by atoms with Crippen LogP contribution in [0.25, 0.3) is 0 Å². The average Bonchev–Trinajstić information content (AvgIpc) is 2.38. The van der Waals surface area contributed by atoms with Gasteiger partial charge in [-0.15, -0.1) is 0 Å². The minimum absolute atomic E-state index is 0.243. The molecule has 1 N–H and O–H groups in total. The number of carbonyl (C=O) groups excluding carboxylic acids is 1. The first-order valence-corrected chi connectivity index (χ1v) is 6.72. The molecule has 0 spiro atoms. The highest BCUT2D eigenvalue weighted by Gasteiger charge is 2.31. The number of nitrogens with one attached hydrogen (secondary N) is 1. The molecule has 2 heterocycles. The van der Waals surface area contributed by atoms with Crippen LogP contribution in [-0.4, -0.2) is 61.0 Å². The van der Waals surface area contributed by atoms with Gasteiger partial charge >= 0.3 is 0 Å². The molecule has 0 saturated carbocycles. The van der Waals surface area contributed by atoms with Gasteiger partial charge in [0.25, 0.3) is 0 Å². The molecule has 0 atom stereocenters. The van der Waals surface area contributed by atoms with E-state index in [-0.39, 0.29) is 5.41 Å². The van der Waals surface area contributed by atoms with Crippen LogP contribution in [-0.2, 0) is 4.79 Å². The van der Waals surface area contributed by atoms with E-state index in [1.54, 1.807) is 0 Å². The molecule has 0 aromatic heterocycles. The normalized spacial score (nSPS) is 24.3. The summed E-state index contributed by atoms with van der Waals surface area (Å²) < 4.78 is 0. The van der Waals surface area contributed by atoms with Crippen LogP contribution >= 0.6 is 0 Å². The molecule has 1 amide bonds. The summed E-state index contributed by atoms with van der Waals surface area (Å²) >= 11 is 0. The van der Waals surface area contributed by atoms with Crippen molar-refractivity contribution in [2.75, 3.05) is 39.3 Å². The molecular weight excluding hydrogens is 214 g/mol. The van der Waals surface area contributed by atoms with E-state index in [1.165, 1.54) is 0 Å². The molecule has 0 aromatic rings. The summed E-state index contributed by atoms with van der Waals surface area (Å²) in [4.78, 5) is 16.8. The molecule has 0 aromatic carbocycles. The Balaban J connectivity index is 1.89. The van der Waals surface area contributed by atoms with E-state index in [1.807, 2.05) is 25.7 Å². The summed E-state index contributed by atoms with van der Waals surface area (Å²) in [5, 5.41) is 3.31. The van der Waals surface area contributed by atoms with E-state index in [0.717, 1.165) is 45.7 Å². The standard InChI is InChI=1S/C13H25N3O/c1-13(2,3)12(17)16-6-4-5-15(7-8-16)11-9-14-10-11/h11,14H,4-10H2,1-3H3. The average molecular weight is 239 g/mol. The van der Waals surface area contributed by atoms with Crippen molar-refractivity contribution < 1.29 is 4.79 Å². The maximum absolute atomic E-state index is 12.2. The predicted octanol–water partition coefficient (Wildman–Crippen LogP) is 0.539. The quantitative estimate of drug-likeness (QED) is 0.725. The van der Waals surface area contributed by atoms with E-state index >= 15 is 0 Å². The highest BCUT2D eigenvalue weighted by molar-refractivity contribution is 5.81. The molecule has 2 saturated heterocycles. The SMILES string of the molecule is CC(C)(C)C(=O)N1CCCN(C2CNC2)CC1. The molecule has 17 heavy (non-hydrogen) atoms. The van der Waals surface area contributed by atoms with Crippen LogP contribution in [0.2, 0.25) is 0 Å². The van der Waals surface area contributed by atoms with Gasteiger partial charge in [0, 0.05) is 50.7 Å². The van der Waals surface area contributed by atoms with Crippen molar-refractivity contribution >= 4 is 5.91 Å². The van der Waals surface area contributed by atoms with Gasteiger partial charge in [-0.2, -0.15) is 0 Å². The third-order valence-electron chi connectivity index (χ3n) is 3.74. The summed E-state index contributed by atoms with van der Waals surface area (Å²) in [7, 11) is 0. The first-order chi connectivity index (χ1) is 7.98. The largest absolute Gasteiger partial charge is 0.341 e. The Bertz CT molecular complexity index is 281. The van der Waals surface area contributed by atoms with Crippen molar-refractivity contribution in [1.82, 2.24) is 15.1 Å². The maximum atomic E-state index is 12.2. The van der Waals surface area contributed by atoms with Crippen molar-refractivity contribution in [1.29, 1.82) is 0 Å². The zero-order valence-electron chi connectivity index (χ0n) is 11.3. The molecule has 4 nitrogen and oxygen atoms in total. The van der Waals surface area contributed by atoms with Gasteiger partial charge in [-0.1, -0.05) is 20.8 Å². The fourth-order valence-electron chi connectivity index (χ4n) is 2.51. The minimum atomic E-state index is -0.243. The highest BCUT2D eigenvalue weighted by atomic mass is 16.2. The van der Waals surface area contributed by atoms with Gasteiger partial charge < -0.3 is 10.2 Å². The molecule has 4 heteroatoms. The minimum Gasteiger partial charge on any atom is -0.341 e. The molecule has 2 fully saturated rings. The maximum Gasteiger partial charge on any atom is 0.227 e. The monoisotopic (exact) mass is 239 g/mol. The molecule has 0 radical (unpaired) electrons. The summed E-state index contributed by atoms with van der Waals surface area (Å²) in [5.41, 5.74) is -0.243. The Kier molecular flexibility index (Phi) is 3.73. The summed E-state index contributed by atoms with van der Waals surface area (Å²) in [6, 6.07) is 0.708. The third kappa shape index (κ3) is 2.99. The molecule has 0 aliphatic carbocycles. The van der Waals surface area contributed by atoms with E-state index in [9.17, 15) is 4.79 Å². The number of carbonyl (C=O) groups is 1. The van der Waals surface area contributed by atoms with Crippen molar-refractivity contribution in [2.24, 2.45) is 5.41 Å². The molecule has 0 bridgehead atoms. The number of hydrogen-bond donors (Lipinski definition) is 1. The lowest BCUT2D eigenvalue weighted by molar-refractivity contribution is -0.139. The molecule has 0 unspecified atom stereocenters. The van der Waals surface area contributed by atoms with Gasteiger partial charge in [0.15, 0.2) is 0 Å². The molecule has 2 rings (SSSR count). The van der Waals surface area contributed by atoms with Gasteiger partial charge in [0.05, 0.1) is 0 Å². The van der Waals surface area contributed by atoms with E-state index in [0.29, 0.717) is 11.9 Å². The van der Waals surface area contributed by atoms with Crippen LogP contribution in [0, 0.1) is 5.41 Å². The van der Waals surface area contributed by atoms with Gasteiger partial charge in [0.2, 0.25) is 5.91 Å².